The van der Waals surface area contributed by atoms with Gasteiger partial charge in [0.2, 0.25) is 0 Å². The van der Waals surface area contributed by atoms with Crippen LogP contribution in [0.1, 0.15) is 40.3 Å². The molecule has 0 unspecified atom stereocenters. The molecule has 0 aliphatic carbocycles. The number of hydrogen-bond acceptors (Lipinski definition) is 2. The number of aromatic amines is 1. The molecule has 0 radical (unpaired) electrons. The zero-order valence-corrected chi connectivity index (χ0v) is 9.81. The zero-order chi connectivity index (χ0) is 10.8. The number of rotatable bonds is 3. The lowest BCUT2D eigenvalue weighted by molar-refractivity contribution is 0.567. The summed E-state index contributed by atoms with van der Waals surface area (Å²) in [5.74, 6) is 1.59. The van der Waals surface area contributed by atoms with Crippen LogP contribution in [0.15, 0.2) is 6.07 Å². The minimum absolute atomic E-state index is 0.144. The van der Waals surface area contributed by atoms with E-state index in [1.54, 1.807) is 0 Å². The van der Waals surface area contributed by atoms with Crippen molar-refractivity contribution in [1.29, 1.82) is 0 Å². The molecule has 0 aliphatic heterocycles. The van der Waals surface area contributed by atoms with Gasteiger partial charge in [-0.2, -0.15) is 5.10 Å². The maximum absolute atomic E-state index is 4.22. The first-order valence-corrected chi connectivity index (χ1v) is 5.19. The van der Waals surface area contributed by atoms with Gasteiger partial charge in [0.1, 0.15) is 5.82 Å². The van der Waals surface area contributed by atoms with E-state index in [9.17, 15) is 0 Å². The summed E-state index contributed by atoms with van der Waals surface area (Å²) in [7, 11) is 0. The SMILES string of the molecule is CC(C)CNc1cc(C(C)(C)C)[nH]n1. The summed E-state index contributed by atoms with van der Waals surface area (Å²) in [6.07, 6.45) is 0. The van der Waals surface area contributed by atoms with E-state index < -0.39 is 0 Å². The van der Waals surface area contributed by atoms with Crippen molar-refractivity contribution in [2.45, 2.75) is 40.0 Å². The van der Waals surface area contributed by atoms with Crippen LogP contribution in [0.3, 0.4) is 0 Å². The van der Waals surface area contributed by atoms with Crippen molar-refractivity contribution in [1.82, 2.24) is 10.2 Å². The smallest absolute Gasteiger partial charge is 0.148 e. The van der Waals surface area contributed by atoms with Crippen molar-refractivity contribution in [3.05, 3.63) is 11.8 Å². The van der Waals surface area contributed by atoms with Crippen molar-refractivity contribution in [2.24, 2.45) is 5.92 Å². The number of nitrogens with one attached hydrogen (secondary N) is 2. The van der Waals surface area contributed by atoms with Gasteiger partial charge in [0.25, 0.3) is 0 Å². The Morgan fingerprint density at radius 3 is 2.50 bits per heavy atom. The van der Waals surface area contributed by atoms with E-state index in [1.807, 2.05) is 0 Å². The quantitative estimate of drug-likeness (QED) is 0.778. The van der Waals surface area contributed by atoms with Crippen LogP contribution in [-0.2, 0) is 5.41 Å². The Morgan fingerprint density at radius 2 is 2.07 bits per heavy atom. The van der Waals surface area contributed by atoms with Gasteiger partial charge in [-0.05, 0) is 5.92 Å². The standard InChI is InChI=1S/C11H21N3/c1-8(2)7-12-10-6-9(13-14-10)11(3,4)5/h6,8H,7H2,1-5H3,(H2,12,13,14). The average molecular weight is 195 g/mol. The average Bonchev–Trinajstić information content (AvgIpc) is 2.47. The van der Waals surface area contributed by atoms with E-state index in [-0.39, 0.29) is 5.41 Å². The summed E-state index contributed by atoms with van der Waals surface area (Å²) in [5, 5.41) is 10.6. The summed E-state index contributed by atoms with van der Waals surface area (Å²) < 4.78 is 0. The van der Waals surface area contributed by atoms with Crippen LogP contribution in [0.25, 0.3) is 0 Å². The second-order valence-electron chi connectivity index (χ2n) is 5.19. The highest BCUT2D eigenvalue weighted by Crippen LogP contribution is 2.21. The molecule has 14 heavy (non-hydrogen) atoms. The normalized spacial score (nSPS) is 12.1. The van der Waals surface area contributed by atoms with Crippen molar-refractivity contribution < 1.29 is 0 Å². The first-order chi connectivity index (χ1) is 6.39. The van der Waals surface area contributed by atoms with Gasteiger partial charge < -0.3 is 5.32 Å². The molecule has 1 aromatic rings. The Morgan fingerprint density at radius 1 is 1.43 bits per heavy atom. The molecule has 3 nitrogen and oxygen atoms in total. The van der Waals surface area contributed by atoms with Gasteiger partial charge in [0.05, 0.1) is 0 Å². The van der Waals surface area contributed by atoms with Gasteiger partial charge >= 0.3 is 0 Å². The van der Waals surface area contributed by atoms with Crippen molar-refractivity contribution in [3.8, 4) is 0 Å². The highest BCUT2D eigenvalue weighted by atomic mass is 15.2. The Bertz CT molecular complexity index is 281. The number of aromatic nitrogens is 2. The molecule has 0 aromatic carbocycles. The summed E-state index contributed by atoms with van der Waals surface area (Å²) in [4.78, 5) is 0. The van der Waals surface area contributed by atoms with Crippen molar-refractivity contribution >= 4 is 5.82 Å². The highest BCUT2D eigenvalue weighted by molar-refractivity contribution is 5.37. The first-order valence-electron chi connectivity index (χ1n) is 5.19. The molecule has 2 N–H and O–H groups in total. The van der Waals surface area contributed by atoms with Crippen molar-refractivity contribution in [3.63, 3.8) is 0 Å². The molecular weight excluding hydrogens is 174 g/mol. The first kappa shape index (κ1) is 11.1. The summed E-state index contributed by atoms with van der Waals surface area (Å²) in [6.45, 7) is 11.9. The van der Waals surface area contributed by atoms with Gasteiger partial charge in [-0.3, -0.25) is 5.10 Å². The molecule has 0 bridgehead atoms. The van der Waals surface area contributed by atoms with E-state index in [2.05, 4.69) is 56.2 Å². The third-order valence-electron chi connectivity index (χ3n) is 2.08. The Labute approximate surface area is 86.3 Å². The maximum Gasteiger partial charge on any atom is 0.148 e. The van der Waals surface area contributed by atoms with E-state index in [0.717, 1.165) is 12.4 Å². The predicted molar refractivity (Wildman–Crippen MR) is 60.6 cm³/mol. The fourth-order valence-electron chi connectivity index (χ4n) is 1.11. The van der Waals surface area contributed by atoms with Gasteiger partial charge in [-0.15, -0.1) is 0 Å². The Balaban J connectivity index is 2.60. The van der Waals surface area contributed by atoms with Crippen LogP contribution in [0.4, 0.5) is 5.82 Å². The number of H-pyrrole nitrogens is 1. The van der Waals surface area contributed by atoms with Crippen LogP contribution < -0.4 is 5.32 Å². The fourth-order valence-corrected chi connectivity index (χ4v) is 1.11. The predicted octanol–water partition coefficient (Wildman–Crippen LogP) is 2.78. The van der Waals surface area contributed by atoms with Crippen LogP contribution >= 0.6 is 0 Å². The lowest BCUT2D eigenvalue weighted by Gasteiger charge is -2.14. The molecule has 3 heteroatoms. The minimum Gasteiger partial charge on any atom is -0.368 e. The Hall–Kier alpha value is -0.990. The lowest BCUT2D eigenvalue weighted by Crippen LogP contribution is -2.11. The summed E-state index contributed by atoms with van der Waals surface area (Å²) in [5.41, 5.74) is 1.31. The van der Waals surface area contributed by atoms with Gasteiger partial charge in [0.15, 0.2) is 0 Å². The van der Waals surface area contributed by atoms with Crippen LogP contribution in [-0.4, -0.2) is 16.7 Å². The molecule has 0 saturated carbocycles. The van der Waals surface area contributed by atoms with Crippen molar-refractivity contribution in [2.75, 3.05) is 11.9 Å². The van der Waals surface area contributed by atoms with Crippen LogP contribution in [0.5, 0.6) is 0 Å². The fraction of sp³-hybridized carbons (Fsp3) is 0.727. The molecule has 0 aliphatic rings. The number of hydrogen-bond donors (Lipinski definition) is 2. The molecule has 0 fully saturated rings. The van der Waals surface area contributed by atoms with Gasteiger partial charge in [-0.25, -0.2) is 0 Å². The zero-order valence-electron chi connectivity index (χ0n) is 9.81. The number of anilines is 1. The van der Waals surface area contributed by atoms with E-state index >= 15 is 0 Å². The molecule has 0 amide bonds. The third kappa shape index (κ3) is 3.05. The van der Waals surface area contributed by atoms with Gasteiger partial charge in [-0.1, -0.05) is 34.6 Å². The maximum atomic E-state index is 4.22. The molecule has 1 heterocycles. The van der Waals surface area contributed by atoms with Crippen LogP contribution in [0, 0.1) is 5.92 Å². The Kier molecular flexibility index (Phi) is 3.19. The van der Waals surface area contributed by atoms with E-state index in [1.165, 1.54) is 5.69 Å². The molecule has 1 rings (SSSR count). The monoisotopic (exact) mass is 195 g/mol. The molecule has 1 aromatic heterocycles. The van der Waals surface area contributed by atoms with Crippen LogP contribution in [0.2, 0.25) is 0 Å². The highest BCUT2D eigenvalue weighted by Gasteiger charge is 2.16. The molecular formula is C11H21N3. The molecule has 0 saturated heterocycles. The van der Waals surface area contributed by atoms with E-state index in [0.29, 0.717) is 5.92 Å². The topological polar surface area (TPSA) is 40.7 Å². The molecule has 80 valence electrons. The second-order valence-corrected chi connectivity index (χ2v) is 5.19. The van der Waals surface area contributed by atoms with E-state index in [4.69, 9.17) is 0 Å². The minimum atomic E-state index is 0.144. The summed E-state index contributed by atoms with van der Waals surface area (Å²) in [6, 6.07) is 2.09. The third-order valence-corrected chi connectivity index (χ3v) is 2.08. The number of nitrogens with zero attached hydrogens (tertiary/aromatic N) is 1. The second kappa shape index (κ2) is 4.03. The molecule has 0 spiro atoms. The van der Waals surface area contributed by atoms with Gasteiger partial charge in [0, 0.05) is 23.7 Å². The molecule has 0 atom stereocenters. The lowest BCUT2D eigenvalue weighted by atomic mass is 9.92. The summed E-state index contributed by atoms with van der Waals surface area (Å²) >= 11 is 0. The largest absolute Gasteiger partial charge is 0.368 e.